The molecule has 0 amide bonds. The Kier molecular flexibility index (Phi) is 3.85. The molecular weight excluding hydrogens is 242 g/mol. The topological polar surface area (TPSA) is 60.0 Å². The minimum Gasteiger partial charge on any atom is -0.391 e. The monoisotopic (exact) mass is 261 g/mol. The van der Waals surface area contributed by atoms with E-state index in [2.05, 4.69) is 5.10 Å². The predicted molar refractivity (Wildman–Crippen MR) is 73.6 cm³/mol. The first kappa shape index (κ1) is 13.5. The standard InChI is InChI=1S/C14H19N3O2/c1-4-13(11(3)18)17-14(19)16(9-15-17)12-7-5-10(2)6-8-12/h5-9,11,13,18H,4H2,1-3H3/t11-,13+/m1/s1. The second kappa shape index (κ2) is 5.40. The van der Waals surface area contributed by atoms with Crippen LogP contribution >= 0.6 is 0 Å². The summed E-state index contributed by atoms with van der Waals surface area (Å²) in [5.41, 5.74) is 1.69. The maximum atomic E-state index is 12.3. The zero-order valence-corrected chi connectivity index (χ0v) is 11.4. The van der Waals surface area contributed by atoms with Crippen LogP contribution < -0.4 is 5.69 Å². The summed E-state index contributed by atoms with van der Waals surface area (Å²) in [5.74, 6) is 0. The van der Waals surface area contributed by atoms with Crippen LogP contribution in [-0.4, -0.2) is 25.6 Å². The van der Waals surface area contributed by atoms with Crippen molar-refractivity contribution in [1.82, 2.24) is 14.3 Å². The zero-order valence-electron chi connectivity index (χ0n) is 11.4. The SMILES string of the molecule is CC[C@@H]([C@@H](C)O)n1ncn(-c2ccc(C)cc2)c1=O. The third-order valence-corrected chi connectivity index (χ3v) is 3.29. The lowest BCUT2D eigenvalue weighted by Crippen LogP contribution is -2.32. The maximum absolute atomic E-state index is 12.3. The Balaban J connectivity index is 2.43. The molecule has 0 spiro atoms. The molecule has 0 unspecified atom stereocenters. The smallest absolute Gasteiger partial charge is 0.350 e. The van der Waals surface area contributed by atoms with Gasteiger partial charge in [0.25, 0.3) is 0 Å². The Labute approximate surface area is 112 Å². The quantitative estimate of drug-likeness (QED) is 0.910. The van der Waals surface area contributed by atoms with E-state index in [9.17, 15) is 9.90 Å². The van der Waals surface area contributed by atoms with Crippen molar-refractivity contribution in [1.29, 1.82) is 0 Å². The number of aromatic nitrogens is 3. The summed E-state index contributed by atoms with van der Waals surface area (Å²) >= 11 is 0. The van der Waals surface area contributed by atoms with Gasteiger partial charge in [-0.1, -0.05) is 24.6 Å². The molecule has 102 valence electrons. The molecule has 19 heavy (non-hydrogen) atoms. The summed E-state index contributed by atoms with van der Waals surface area (Å²) < 4.78 is 2.84. The van der Waals surface area contributed by atoms with E-state index in [0.29, 0.717) is 6.42 Å². The lowest BCUT2D eigenvalue weighted by atomic mass is 10.1. The van der Waals surface area contributed by atoms with Gasteiger partial charge in [-0.15, -0.1) is 0 Å². The van der Waals surface area contributed by atoms with E-state index in [0.717, 1.165) is 11.3 Å². The van der Waals surface area contributed by atoms with Gasteiger partial charge in [-0.3, -0.25) is 0 Å². The van der Waals surface area contributed by atoms with Gasteiger partial charge in [-0.25, -0.2) is 14.0 Å². The fraction of sp³-hybridized carbons (Fsp3) is 0.429. The van der Waals surface area contributed by atoms with Gasteiger partial charge in [0.05, 0.1) is 17.8 Å². The highest BCUT2D eigenvalue weighted by molar-refractivity contribution is 5.33. The molecule has 1 aromatic carbocycles. The Morgan fingerprint density at radius 2 is 1.95 bits per heavy atom. The van der Waals surface area contributed by atoms with Gasteiger partial charge in [0.2, 0.25) is 0 Å². The van der Waals surface area contributed by atoms with Crippen molar-refractivity contribution in [3.05, 3.63) is 46.6 Å². The van der Waals surface area contributed by atoms with E-state index in [1.807, 2.05) is 38.1 Å². The van der Waals surface area contributed by atoms with Gasteiger partial charge < -0.3 is 5.11 Å². The van der Waals surface area contributed by atoms with Crippen LogP contribution in [0.15, 0.2) is 35.4 Å². The van der Waals surface area contributed by atoms with Crippen LogP contribution in [0.3, 0.4) is 0 Å². The van der Waals surface area contributed by atoms with Crippen LogP contribution in [0.4, 0.5) is 0 Å². The molecule has 1 heterocycles. The van der Waals surface area contributed by atoms with E-state index < -0.39 is 6.10 Å². The number of benzene rings is 1. The molecule has 5 nitrogen and oxygen atoms in total. The van der Waals surface area contributed by atoms with Gasteiger partial charge in [-0.05, 0) is 32.4 Å². The molecule has 0 aliphatic rings. The number of aliphatic hydroxyl groups excluding tert-OH is 1. The minimum absolute atomic E-state index is 0.225. The van der Waals surface area contributed by atoms with E-state index in [4.69, 9.17) is 0 Å². The van der Waals surface area contributed by atoms with Crippen LogP contribution in [0.25, 0.3) is 5.69 Å². The van der Waals surface area contributed by atoms with Crippen LogP contribution in [0.1, 0.15) is 31.9 Å². The van der Waals surface area contributed by atoms with Crippen LogP contribution in [0.2, 0.25) is 0 Å². The lowest BCUT2D eigenvalue weighted by molar-refractivity contribution is 0.118. The first-order valence-corrected chi connectivity index (χ1v) is 6.46. The van der Waals surface area contributed by atoms with Crippen molar-refractivity contribution < 1.29 is 5.11 Å². The van der Waals surface area contributed by atoms with Gasteiger partial charge in [0, 0.05) is 0 Å². The largest absolute Gasteiger partial charge is 0.391 e. The molecule has 0 bridgehead atoms. The third kappa shape index (κ3) is 2.61. The molecule has 0 aliphatic heterocycles. The molecule has 2 aromatic rings. The molecule has 0 aliphatic carbocycles. The van der Waals surface area contributed by atoms with Gasteiger partial charge in [0.15, 0.2) is 0 Å². The van der Waals surface area contributed by atoms with E-state index in [-0.39, 0.29) is 11.7 Å². The van der Waals surface area contributed by atoms with Crippen molar-refractivity contribution in [3.63, 3.8) is 0 Å². The number of aliphatic hydroxyl groups is 1. The van der Waals surface area contributed by atoms with Crippen LogP contribution in [0, 0.1) is 6.92 Å². The molecule has 2 rings (SSSR count). The van der Waals surface area contributed by atoms with Crippen LogP contribution in [0.5, 0.6) is 0 Å². The predicted octanol–water partition coefficient (Wildman–Crippen LogP) is 1.67. The normalized spacial score (nSPS) is 14.3. The zero-order chi connectivity index (χ0) is 14.0. The number of aryl methyl sites for hydroxylation is 1. The molecule has 0 fully saturated rings. The summed E-state index contributed by atoms with van der Waals surface area (Å²) in [6.07, 6.45) is 1.55. The molecule has 0 radical (unpaired) electrons. The number of hydrogen-bond acceptors (Lipinski definition) is 3. The van der Waals surface area contributed by atoms with Gasteiger partial charge in [-0.2, -0.15) is 5.10 Å². The van der Waals surface area contributed by atoms with Crippen molar-refractivity contribution in [2.24, 2.45) is 0 Å². The molecule has 5 heteroatoms. The Morgan fingerprint density at radius 3 is 2.47 bits per heavy atom. The summed E-state index contributed by atoms with van der Waals surface area (Å²) in [6, 6.07) is 7.37. The molecule has 0 saturated heterocycles. The van der Waals surface area contributed by atoms with Gasteiger partial charge in [0.1, 0.15) is 6.33 Å². The lowest BCUT2D eigenvalue weighted by Gasteiger charge is -2.16. The Bertz CT molecular complexity index is 596. The minimum atomic E-state index is -0.607. The maximum Gasteiger partial charge on any atom is 0.350 e. The van der Waals surface area contributed by atoms with Crippen molar-refractivity contribution in [3.8, 4) is 5.69 Å². The molecule has 2 atom stereocenters. The fourth-order valence-corrected chi connectivity index (χ4v) is 2.14. The number of rotatable bonds is 4. The Morgan fingerprint density at radius 1 is 1.32 bits per heavy atom. The molecule has 1 N–H and O–H groups in total. The molecule has 1 aromatic heterocycles. The second-order valence-electron chi connectivity index (χ2n) is 4.78. The summed E-state index contributed by atoms with van der Waals surface area (Å²) in [7, 11) is 0. The summed E-state index contributed by atoms with van der Waals surface area (Å²) in [6.45, 7) is 5.59. The first-order chi connectivity index (χ1) is 9.04. The van der Waals surface area contributed by atoms with Gasteiger partial charge >= 0.3 is 5.69 Å². The number of nitrogens with zero attached hydrogens (tertiary/aromatic N) is 3. The van der Waals surface area contributed by atoms with E-state index in [1.165, 1.54) is 15.6 Å². The average Bonchev–Trinajstić information content (AvgIpc) is 2.73. The second-order valence-corrected chi connectivity index (χ2v) is 4.78. The van der Waals surface area contributed by atoms with E-state index in [1.54, 1.807) is 6.92 Å². The third-order valence-electron chi connectivity index (χ3n) is 3.29. The highest BCUT2D eigenvalue weighted by Gasteiger charge is 2.19. The highest BCUT2D eigenvalue weighted by Crippen LogP contribution is 2.13. The number of hydrogen-bond donors (Lipinski definition) is 1. The van der Waals surface area contributed by atoms with Crippen LogP contribution in [-0.2, 0) is 0 Å². The van der Waals surface area contributed by atoms with Crippen molar-refractivity contribution in [2.45, 2.75) is 39.3 Å². The van der Waals surface area contributed by atoms with E-state index >= 15 is 0 Å². The van der Waals surface area contributed by atoms with Crippen molar-refractivity contribution in [2.75, 3.05) is 0 Å². The van der Waals surface area contributed by atoms with Crippen molar-refractivity contribution >= 4 is 0 Å². The Hall–Kier alpha value is -1.88. The molecule has 0 saturated carbocycles. The summed E-state index contributed by atoms with van der Waals surface area (Å²) in [4.78, 5) is 12.3. The molecular formula is C14H19N3O2. The highest BCUT2D eigenvalue weighted by atomic mass is 16.3. The first-order valence-electron chi connectivity index (χ1n) is 6.46. The summed E-state index contributed by atoms with van der Waals surface area (Å²) in [5, 5.41) is 13.8. The average molecular weight is 261 g/mol. The fourth-order valence-electron chi connectivity index (χ4n) is 2.14.